The number of Topliss-reactive ketones (excluding diaryl/α,β-unsaturated/α-hetero) is 1. The molecular weight excluding hydrogens is 244 g/mol. The van der Waals surface area contributed by atoms with Gasteiger partial charge < -0.3 is 0 Å². The largest absolute Gasteiger partial charge is 0.294 e. The molecule has 0 N–H and O–H groups in total. The van der Waals surface area contributed by atoms with Gasteiger partial charge in [0.25, 0.3) is 0 Å². The maximum Gasteiger partial charge on any atom is 0.167 e. The summed E-state index contributed by atoms with van der Waals surface area (Å²) in [6, 6.07) is 3.83. The fourth-order valence-electron chi connectivity index (χ4n) is 3.05. The zero-order valence-electron chi connectivity index (χ0n) is 12.0. The minimum absolute atomic E-state index is 0.0874. The first-order chi connectivity index (χ1) is 8.10. The van der Waals surface area contributed by atoms with E-state index in [-0.39, 0.29) is 22.5 Å². The van der Waals surface area contributed by atoms with Crippen LogP contribution in [0.1, 0.15) is 49.2 Å². The van der Waals surface area contributed by atoms with Crippen molar-refractivity contribution in [1.29, 1.82) is 0 Å². The molecule has 1 aromatic carbocycles. The molecule has 1 aliphatic carbocycles. The molecule has 0 atom stereocenters. The number of ketones is 1. The molecule has 0 aromatic heterocycles. The van der Waals surface area contributed by atoms with E-state index < -0.39 is 0 Å². The summed E-state index contributed by atoms with van der Waals surface area (Å²) in [6.45, 7) is 12.6. The van der Waals surface area contributed by atoms with E-state index in [1.807, 2.05) is 26.0 Å². The van der Waals surface area contributed by atoms with Gasteiger partial charge in [-0.15, -0.1) is 0 Å². The molecule has 2 heteroatoms. The lowest BCUT2D eigenvalue weighted by Crippen LogP contribution is -2.09. The molecule has 1 nitrogen and oxygen atoms in total. The number of carbonyl (C=O) groups excluding carboxylic acids is 1. The first-order valence-electron chi connectivity index (χ1n) is 6.41. The molecule has 1 fully saturated rings. The van der Waals surface area contributed by atoms with E-state index in [1.165, 1.54) is 0 Å². The van der Waals surface area contributed by atoms with Crippen LogP contribution in [-0.4, -0.2) is 5.78 Å². The average Bonchev–Trinajstić information content (AvgIpc) is 2.62. The normalized spacial score (nSPS) is 20.8. The second-order valence-electron chi connectivity index (χ2n) is 6.66. The summed E-state index contributed by atoms with van der Waals surface area (Å²) in [6.07, 6.45) is 0. The molecule has 1 aromatic rings. The lowest BCUT2D eigenvalue weighted by atomic mass is 9.96. The van der Waals surface area contributed by atoms with Crippen molar-refractivity contribution in [3.05, 3.63) is 33.8 Å². The Morgan fingerprint density at radius 1 is 1.06 bits per heavy atom. The van der Waals surface area contributed by atoms with E-state index in [1.54, 1.807) is 0 Å². The minimum atomic E-state index is 0.0874. The maximum absolute atomic E-state index is 12.7. The average molecular weight is 265 g/mol. The minimum Gasteiger partial charge on any atom is -0.294 e. The Balaban J connectivity index is 2.41. The van der Waals surface area contributed by atoms with Crippen molar-refractivity contribution in [1.82, 2.24) is 0 Å². The summed E-state index contributed by atoms with van der Waals surface area (Å²) in [4.78, 5) is 12.7. The van der Waals surface area contributed by atoms with Gasteiger partial charge in [0.15, 0.2) is 5.78 Å². The molecule has 0 unspecified atom stereocenters. The standard InChI is InChI=1S/C16H21ClO/c1-9-8-12(17)10(2)7-11(9)13(18)14-15(3,4)16(14,5)6/h7-8,14H,1-6H3. The van der Waals surface area contributed by atoms with Gasteiger partial charge in [0.2, 0.25) is 0 Å². The number of halogens is 1. The molecule has 18 heavy (non-hydrogen) atoms. The Morgan fingerprint density at radius 2 is 1.56 bits per heavy atom. The van der Waals surface area contributed by atoms with Crippen molar-refractivity contribution in [2.45, 2.75) is 41.5 Å². The molecule has 1 aliphatic rings. The highest BCUT2D eigenvalue weighted by Gasteiger charge is 2.67. The van der Waals surface area contributed by atoms with Crippen LogP contribution in [0.4, 0.5) is 0 Å². The summed E-state index contributed by atoms with van der Waals surface area (Å²) < 4.78 is 0. The Morgan fingerprint density at radius 3 is 2.00 bits per heavy atom. The van der Waals surface area contributed by atoms with Crippen molar-refractivity contribution in [2.75, 3.05) is 0 Å². The predicted octanol–water partition coefficient (Wildman–Crippen LogP) is 4.82. The number of aryl methyl sites for hydroxylation is 2. The van der Waals surface area contributed by atoms with E-state index in [4.69, 9.17) is 11.6 Å². The van der Waals surface area contributed by atoms with E-state index in [0.29, 0.717) is 0 Å². The SMILES string of the molecule is Cc1cc(C(=O)C2C(C)(C)C2(C)C)c(C)cc1Cl. The Bertz CT molecular complexity index is 512. The fourth-order valence-corrected chi connectivity index (χ4v) is 3.27. The van der Waals surface area contributed by atoms with Gasteiger partial charge in [0.1, 0.15) is 0 Å². The first-order valence-corrected chi connectivity index (χ1v) is 6.79. The number of hydrogen-bond acceptors (Lipinski definition) is 1. The van der Waals surface area contributed by atoms with Crippen LogP contribution in [0, 0.1) is 30.6 Å². The molecule has 0 radical (unpaired) electrons. The molecule has 0 aliphatic heterocycles. The van der Waals surface area contributed by atoms with Crippen LogP contribution in [0.5, 0.6) is 0 Å². The van der Waals surface area contributed by atoms with E-state index in [9.17, 15) is 4.79 Å². The van der Waals surface area contributed by atoms with Gasteiger partial charge in [-0.25, -0.2) is 0 Å². The summed E-state index contributed by atoms with van der Waals surface area (Å²) >= 11 is 6.09. The zero-order chi connectivity index (χ0) is 13.9. The molecule has 0 amide bonds. The van der Waals surface area contributed by atoms with Crippen molar-refractivity contribution in [2.24, 2.45) is 16.7 Å². The first kappa shape index (κ1) is 13.6. The smallest absolute Gasteiger partial charge is 0.167 e. The van der Waals surface area contributed by atoms with Crippen LogP contribution >= 0.6 is 11.6 Å². The van der Waals surface area contributed by atoms with Gasteiger partial charge in [0.05, 0.1) is 0 Å². The highest BCUT2D eigenvalue weighted by atomic mass is 35.5. The van der Waals surface area contributed by atoms with Gasteiger partial charge in [-0.3, -0.25) is 4.79 Å². The van der Waals surface area contributed by atoms with Crippen LogP contribution in [0.2, 0.25) is 5.02 Å². The Labute approximate surface area is 115 Å². The highest BCUT2D eigenvalue weighted by Crippen LogP contribution is 2.69. The van der Waals surface area contributed by atoms with Gasteiger partial charge in [-0.1, -0.05) is 39.3 Å². The van der Waals surface area contributed by atoms with Crippen LogP contribution in [0.3, 0.4) is 0 Å². The van der Waals surface area contributed by atoms with Crippen molar-refractivity contribution < 1.29 is 4.79 Å². The third-order valence-corrected chi connectivity index (χ3v) is 5.46. The maximum atomic E-state index is 12.7. The number of carbonyl (C=O) groups is 1. The monoisotopic (exact) mass is 264 g/mol. The third-order valence-electron chi connectivity index (χ3n) is 5.05. The summed E-state index contributed by atoms with van der Waals surface area (Å²) in [7, 11) is 0. The fraction of sp³-hybridized carbons (Fsp3) is 0.562. The highest BCUT2D eigenvalue weighted by molar-refractivity contribution is 6.31. The quantitative estimate of drug-likeness (QED) is 0.700. The molecular formula is C16H21ClO. The van der Waals surface area contributed by atoms with Crippen LogP contribution in [0.25, 0.3) is 0 Å². The number of hydrogen-bond donors (Lipinski definition) is 0. The lowest BCUT2D eigenvalue weighted by Gasteiger charge is -2.09. The molecule has 1 saturated carbocycles. The predicted molar refractivity (Wildman–Crippen MR) is 76.3 cm³/mol. The molecule has 0 heterocycles. The topological polar surface area (TPSA) is 17.1 Å². The van der Waals surface area contributed by atoms with Crippen molar-refractivity contribution >= 4 is 17.4 Å². The zero-order valence-corrected chi connectivity index (χ0v) is 12.8. The molecule has 2 rings (SSSR count). The van der Waals surface area contributed by atoms with Crippen LogP contribution < -0.4 is 0 Å². The summed E-state index contributed by atoms with van der Waals surface area (Å²) in [5.41, 5.74) is 2.96. The van der Waals surface area contributed by atoms with Crippen molar-refractivity contribution in [3.63, 3.8) is 0 Å². The Hall–Kier alpha value is -0.820. The van der Waals surface area contributed by atoms with Gasteiger partial charge in [-0.05, 0) is 47.9 Å². The van der Waals surface area contributed by atoms with E-state index >= 15 is 0 Å². The third kappa shape index (κ3) is 1.72. The van der Waals surface area contributed by atoms with Gasteiger partial charge in [0, 0.05) is 16.5 Å². The molecule has 0 bridgehead atoms. The van der Waals surface area contributed by atoms with Crippen LogP contribution in [-0.2, 0) is 0 Å². The van der Waals surface area contributed by atoms with E-state index in [2.05, 4.69) is 27.7 Å². The molecule has 98 valence electrons. The van der Waals surface area contributed by atoms with E-state index in [0.717, 1.165) is 21.7 Å². The molecule has 0 spiro atoms. The second-order valence-corrected chi connectivity index (χ2v) is 7.06. The lowest BCUT2D eigenvalue weighted by molar-refractivity contribution is 0.0944. The van der Waals surface area contributed by atoms with Crippen molar-refractivity contribution in [3.8, 4) is 0 Å². The number of benzene rings is 1. The number of rotatable bonds is 2. The Kier molecular flexibility index (Phi) is 2.90. The van der Waals surface area contributed by atoms with Gasteiger partial charge >= 0.3 is 0 Å². The summed E-state index contributed by atoms with van der Waals surface area (Å²) in [5.74, 6) is 0.381. The molecule has 0 saturated heterocycles. The van der Waals surface area contributed by atoms with Gasteiger partial charge in [-0.2, -0.15) is 0 Å². The second kappa shape index (κ2) is 3.84. The van der Waals surface area contributed by atoms with Crippen LogP contribution in [0.15, 0.2) is 12.1 Å². The summed E-state index contributed by atoms with van der Waals surface area (Å²) in [5, 5.41) is 0.735.